The molecule has 1 atom stereocenters. The monoisotopic (exact) mass is 372 g/mol. The second kappa shape index (κ2) is 6.50. The van der Waals surface area contributed by atoms with Gasteiger partial charge in [-0.05, 0) is 43.3 Å². The molecule has 3 aromatic heterocycles. The Kier molecular flexibility index (Phi) is 4.19. The molecular formula is C18H13FN2O2S2. The third-order valence-corrected chi connectivity index (χ3v) is 5.75. The van der Waals surface area contributed by atoms with E-state index >= 15 is 0 Å². The summed E-state index contributed by atoms with van der Waals surface area (Å²) in [5.74, 6) is 0.980. The Morgan fingerprint density at radius 1 is 1.28 bits per heavy atom. The molecule has 0 aliphatic rings. The van der Waals surface area contributed by atoms with E-state index in [0.29, 0.717) is 21.8 Å². The lowest BCUT2D eigenvalue weighted by atomic mass is 10.2. The summed E-state index contributed by atoms with van der Waals surface area (Å²) in [6.45, 7) is 1.96. The van der Waals surface area contributed by atoms with Crippen LogP contribution in [-0.2, 0) is 0 Å². The van der Waals surface area contributed by atoms with Crippen LogP contribution in [0.5, 0.6) is 0 Å². The first-order valence-electron chi connectivity index (χ1n) is 7.59. The van der Waals surface area contributed by atoms with Gasteiger partial charge in [-0.3, -0.25) is 4.79 Å². The highest BCUT2D eigenvalue weighted by molar-refractivity contribution is 7.99. The predicted molar refractivity (Wildman–Crippen MR) is 98.6 cm³/mol. The Bertz CT molecular complexity index is 1070. The summed E-state index contributed by atoms with van der Waals surface area (Å²) in [7, 11) is 0. The van der Waals surface area contributed by atoms with Crippen molar-refractivity contribution >= 4 is 33.3 Å². The fraction of sp³-hybridized carbons (Fsp3) is 0.111. The van der Waals surface area contributed by atoms with E-state index in [1.165, 1.54) is 35.2 Å². The van der Waals surface area contributed by atoms with E-state index < -0.39 is 0 Å². The van der Waals surface area contributed by atoms with Crippen molar-refractivity contribution in [3.8, 4) is 11.3 Å². The lowest BCUT2D eigenvalue weighted by molar-refractivity contribution is 0.583. The molecule has 1 aromatic carbocycles. The number of hydrogen-bond acceptors (Lipinski definition) is 5. The van der Waals surface area contributed by atoms with E-state index in [1.807, 2.05) is 18.4 Å². The maximum Gasteiger partial charge on any atom is 0.260 e. The van der Waals surface area contributed by atoms with Gasteiger partial charge in [0.15, 0.2) is 0 Å². The first-order valence-corrected chi connectivity index (χ1v) is 9.35. The molecule has 0 spiro atoms. The minimum absolute atomic E-state index is 0.0725. The highest BCUT2D eigenvalue weighted by Gasteiger charge is 2.17. The molecule has 4 nitrogen and oxygen atoms in total. The number of thiophene rings is 1. The number of fused-ring (bicyclic) bond motifs is 1. The smallest absolute Gasteiger partial charge is 0.260 e. The second-order valence-corrected chi connectivity index (χ2v) is 7.74. The fourth-order valence-electron chi connectivity index (χ4n) is 2.54. The standard InChI is InChI=1S/C18H13FN2O2S2/c1-10(25-12-6-4-11(19)5-7-12)16-20-17(22)15-13(9-24-18(15)21-16)14-3-2-8-23-14/h2-10H,1H3,(H,20,21,22)/t10-/m1/s1. The zero-order valence-corrected chi connectivity index (χ0v) is 14.8. The molecule has 0 fully saturated rings. The van der Waals surface area contributed by atoms with Crippen LogP contribution in [0, 0.1) is 5.82 Å². The van der Waals surface area contributed by atoms with E-state index in [4.69, 9.17) is 4.42 Å². The number of nitrogens with zero attached hydrogens (tertiary/aromatic N) is 1. The summed E-state index contributed by atoms with van der Waals surface area (Å²) < 4.78 is 18.4. The van der Waals surface area contributed by atoms with Gasteiger partial charge in [0.1, 0.15) is 22.2 Å². The number of halogens is 1. The zero-order chi connectivity index (χ0) is 17.4. The van der Waals surface area contributed by atoms with Gasteiger partial charge in [0, 0.05) is 15.8 Å². The molecule has 0 saturated heterocycles. The largest absolute Gasteiger partial charge is 0.464 e. The zero-order valence-electron chi connectivity index (χ0n) is 13.2. The van der Waals surface area contributed by atoms with E-state index in [1.54, 1.807) is 24.5 Å². The molecule has 7 heteroatoms. The minimum Gasteiger partial charge on any atom is -0.464 e. The van der Waals surface area contributed by atoms with Gasteiger partial charge < -0.3 is 9.40 Å². The third-order valence-electron chi connectivity index (χ3n) is 3.76. The number of nitrogens with one attached hydrogen (secondary N) is 1. The number of rotatable bonds is 4. The molecule has 25 heavy (non-hydrogen) atoms. The Morgan fingerprint density at radius 3 is 2.80 bits per heavy atom. The van der Waals surface area contributed by atoms with Gasteiger partial charge in [-0.25, -0.2) is 9.37 Å². The molecule has 0 aliphatic carbocycles. The van der Waals surface area contributed by atoms with Crippen molar-refractivity contribution in [2.24, 2.45) is 0 Å². The Morgan fingerprint density at radius 2 is 2.08 bits per heavy atom. The molecule has 1 N–H and O–H groups in total. The fourth-order valence-corrected chi connectivity index (χ4v) is 4.40. The van der Waals surface area contributed by atoms with Crippen molar-refractivity contribution in [3.63, 3.8) is 0 Å². The van der Waals surface area contributed by atoms with Crippen LogP contribution < -0.4 is 5.56 Å². The van der Waals surface area contributed by atoms with Crippen molar-refractivity contribution in [3.05, 3.63) is 70.0 Å². The van der Waals surface area contributed by atoms with Gasteiger partial charge in [-0.2, -0.15) is 0 Å². The Labute approximate surface area is 150 Å². The molecule has 0 unspecified atom stereocenters. The van der Waals surface area contributed by atoms with Crippen molar-refractivity contribution < 1.29 is 8.81 Å². The van der Waals surface area contributed by atoms with Crippen LogP contribution in [0.2, 0.25) is 0 Å². The number of H-pyrrole nitrogens is 1. The van der Waals surface area contributed by atoms with Crippen LogP contribution in [0.1, 0.15) is 18.0 Å². The van der Waals surface area contributed by atoms with Crippen LogP contribution in [0.3, 0.4) is 0 Å². The van der Waals surface area contributed by atoms with Crippen molar-refractivity contribution in [2.75, 3.05) is 0 Å². The molecule has 0 radical (unpaired) electrons. The summed E-state index contributed by atoms with van der Waals surface area (Å²) in [4.78, 5) is 21.7. The molecule has 0 aliphatic heterocycles. The number of aromatic nitrogens is 2. The van der Waals surface area contributed by atoms with E-state index in [-0.39, 0.29) is 16.6 Å². The van der Waals surface area contributed by atoms with Crippen LogP contribution in [0.15, 0.2) is 62.1 Å². The van der Waals surface area contributed by atoms with Gasteiger partial charge in [-0.15, -0.1) is 23.1 Å². The van der Waals surface area contributed by atoms with Crippen LogP contribution in [0.25, 0.3) is 21.5 Å². The van der Waals surface area contributed by atoms with Crippen molar-refractivity contribution in [2.45, 2.75) is 17.1 Å². The number of aromatic amines is 1. The quantitative estimate of drug-likeness (QED) is 0.498. The lowest BCUT2D eigenvalue weighted by Crippen LogP contribution is -2.12. The first kappa shape index (κ1) is 16.1. The number of thioether (sulfide) groups is 1. The minimum atomic E-state index is -0.269. The highest BCUT2D eigenvalue weighted by atomic mass is 32.2. The van der Waals surface area contributed by atoms with E-state index in [9.17, 15) is 9.18 Å². The summed E-state index contributed by atoms with van der Waals surface area (Å²) in [6, 6.07) is 9.88. The normalized spacial score (nSPS) is 12.6. The van der Waals surface area contributed by atoms with Gasteiger partial charge in [0.25, 0.3) is 5.56 Å². The number of hydrogen-bond donors (Lipinski definition) is 1. The molecule has 4 rings (SSSR count). The molecule has 0 saturated carbocycles. The first-order chi connectivity index (χ1) is 12.1. The van der Waals surface area contributed by atoms with Crippen LogP contribution in [0.4, 0.5) is 4.39 Å². The lowest BCUT2D eigenvalue weighted by Gasteiger charge is -2.10. The van der Waals surface area contributed by atoms with Crippen molar-refractivity contribution in [1.82, 2.24) is 9.97 Å². The molecule has 4 aromatic rings. The SMILES string of the molecule is C[C@@H](Sc1ccc(F)cc1)c1nc2scc(-c3ccco3)c2c(=O)[nH]1. The maximum atomic E-state index is 13.0. The molecule has 0 bridgehead atoms. The van der Waals surface area contributed by atoms with E-state index in [2.05, 4.69) is 9.97 Å². The molecular weight excluding hydrogens is 359 g/mol. The van der Waals surface area contributed by atoms with Crippen LogP contribution in [-0.4, -0.2) is 9.97 Å². The predicted octanol–water partition coefficient (Wildman–Crippen LogP) is 5.24. The van der Waals surface area contributed by atoms with E-state index in [0.717, 1.165) is 10.5 Å². The topological polar surface area (TPSA) is 58.9 Å². The molecule has 3 heterocycles. The van der Waals surface area contributed by atoms with Gasteiger partial charge >= 0.3 is 0 Å². The second-order valence-electron chi connectivity index (χ2n) is 5.47. The van der Waals surface area contributed by atoms with Crippen molar-refractivity contribution in [1.29, 1.82) is 0 Å². The summed E-state index contributed by atoms with van der Waals surface area (Å²) >= 11 is 2.93. The van der Waals surface area contributed by atoms with Crippen LogP contribution >= 0.6 is 23.1 Å². The Hall–Kier alpha value is -2.38. The average Bonchev–Trinajstić information content (AvgIpc) is 3.25. The third kappa shape index (κ3) is 3.12. The maximum absolute atomic E-state index is 13.0. The van der Waals surface area contributed by atoms with Gasteiger partial charge in [-0.1, -0.05) is 0 Å². The molecule has 126 valence electrons. The highest BCUT2D eigenvalue weighted by Crippen LogP contribution is 2.35. The number of benzene rings is 1. The summed E-state index contributed by atoms with van der Waals surface area (Å²) in [6.07, 6.45) is 1.58. The van der Waals surface area contributed by atoms with Gasteiger partial charge in [0.05, 0.1) is 16.9 Å². The Balaban J connectivity index is 1.69. The number of furan rings is 1. The summed E-state index contributed by atoms with van der Waals surface area (Å²) in [5, 5.41) is 2.35. The average molecular weight is 372 g/mol. The van der Waals surface area contributed by atoms with Gasteiger partial charge in [0.2, 0.25) is 0 Å². The molecule has 0 amide bonds. The summed E-state index contributed by atoms with van der Waals surface area (Å²) in [5.41, 5.74) is 0.573.